The molecule has 3 rings (SSSR count). The molecule has 4 nitrogen and oxygen atoms in total. The van der Waals surface area contributed by atoms with E-state index in [4.69, 9.17) is 0 Å². The van der Waals surface area contributed by atoms with Gasteiger partial charge in [-0.3, -0.25) is 9.59 Å². The lowest BCUT2D eigenvalue weighted by molar-refractivity contribution is -0.142. The average molecular weight is 328 g/mol. The largest absolute Gasteiger partial charge is 0.341 e. The summed E-state index contributed by atoms with van der Waals surface area (Å²) in [5, 5.41) is 0. The molecular weight excluding hydrogens is 300 g/mol. The number of fused-ring (bicyclic) bond motifs is 1. The molecule has 0 unspecified atom stereocenters. The highest BCUT2D eigenvalue weighted by molar-refractivity contribution is 5.98. The van der Waals surface area contributed by atoms with E-state index in [1.165, 1.54) is 5.56 Å². The fraction of sp³-hybridized carbons (Fsp3) is 0.600. The minimum Gasteiger partial charge on any atom is -0.341 e. The Bertz CT molecular complexity index is 647. The van der Waals surface area contributed by atoms with Gasteiger partial charge in [0.05, 0.1) is 5.92 Å². The Labute approximate surface area is 144 Å². The van der Waals surface area contributed by atoms with Crippen LogP contribution < -0.4 is 4.90 Å². The number of hydrogen-bond acceptors (Lipinski definition) is 2. The zero-order valence-electron chi connectivity index (χ0n) is 15.2. The predicted octanol–water partition coefficient (Wildman–Crippen LogP) is 3.25. The molecule has 1 saturated heterocycles. The molecule has 0 N–H and O–H groups in total. The minimum atomic E-state index is -0.390. The van der Waals surface area contributed by atoms with Crippen molar-refractivity contribution < 1.29 is 9.59 Å². The van der Waals surface area contributed by atoms with E-state index in [1.54, 1.807) is 0 Å². The third-order valence-corrected chi connectivity index (χ3v) is 5.14. The Balaban J connectivity index is 1.77. The minimum absolute atomic E-state index is 0.0846. The number of hydrogen-bond donors (Lipinski definition) is 0. The molecule has 1 aromatic rings. The van der Waals surface area contributed by atoms with Crippen molar-refractivity contribution in [2.45, 2.75) is 53.0 Å². The molecule has 2 aliphatic heterocycles. The Morgan fingerprint density at radius 2 is 1.88 bits per heavy atom. The standard InChI is InChI=1S/C20H28N2O2/c1-14-12-15-8-5-6-10-17(15)22(14)18(23)16-9-7-11-21(13-16)19(24)20(2,3)4/h5-6,8,10,14,16H,7,9,11-13H2,1-4H3/t14-,16+/m1/s1. The highest BCUT2D eigenvalue weighted by Gasteiger charge is 2.38. The SMILES string of the molecule is C[C@@H]1Cc2ccccc2N1C(=O)[C@H]1CCCN(C(=O)C(C)(C)C)C1. The molecule has 130 valence electrons. The summed E-state index contributed by atoms with van der Waals surface area (Å²) < 4.78 is 0. The number of nitrogens with zero attached hydrogens (tertiary/aromatic N) is 2. The van der Waals surface area contributed by atoms with Crippen LogP contribution in [0, 0.1) is 11.3 Å². The summed E-state index contributed by atoms with van der Waals surface area (Å²) in [7, 11) is 0. The fourth-order valence-electron chi connectivity index (χ4n) is 3.94. The summed E-state index contributed by atoms with van der Waals surface area (Å²) in [5.74, 6) is 0.243. The molecule has 24 heavy (non-hydrogen) atoms. The first-order valence-electron chi connectivity index (χ1n) is 8.99. The molecule has 2 atom stereocenters. The zero-order chi connectivity index (χ0) is 17.5. The van der Waals surface area contributed by atoms with Gasteiger partial charge in [-0.15, -0.1) is 0 Å². The van der Waals surface area contributed by atoms with Gasteiger partial charge in [0, 0.05) is 30.2 Å². The van der Waals surface area contributed by atoms with E-state index in [9.17, 15) is 9.59 Å². The Hall–Kier alpha value is -1.84. The van der Waals surface area contributed by atoms with Crippen molar-refractivity contribution in [1.29, 1.82) is 0 Å². The van der Waals surface area contributed by atoms with Gasteiger partial charge in [-0.1, -0.05) is 39.0 Å². The smallest absolute Gasteiger partial charge is 0.232 e. The maximum Gasteiger partial charge on any atom is 0.232 e. The number of carbonyl (C=O) groups excluding carboxylic acids is 2. The van der Waals surface area contributed by atoms with Gasteiger partial charge >= 0.3 is 0 Å². The van der Waals surface area contributed by atoms with Crippen LogP contribution in [0.5, 0.6) is 0 Å². The molecule has 4 heteroatoms. The number of anilines is 1. The van der Waals surface area contributed by atoms with E-state index in [0.29, 0.717) is 6.54 Å². The van der Waals surface area contributed by atoms with Crippen molar-refractivity contribution in [3.63, 3.8) is 0 Å². The quantitative estimate of drug-likeness (QED) is 0.794. The highest BCUT2D eigenvalue weighted by atomic mass is 16.2. The lowest BCUT2D eigenvalue weighted by Crippen LogP contribution is -2.50. The third-order valence-electron chi connectivity index (χ3n) is 5.14. The lowest BCUT2D eigenvalue weighted by Gasteiger charge is -2.37. The van der Waals surface area contributed by atoms with Crippen LogP contribution in [0.3, 0.4) is 0 Å². The summed E-state index contributed by atoms with van der Waals surface area (Å²) >= 11 is 0. The summed E-state index contributed by atoms with van der Waals surface area (Å²) in [6, 6.07) is 8.37. The fourth-order valence-corrected chi connectivity index (χ4v) is 3.94. The number of carbonyl (C=O) groups is 2. The van der Waals surface area contributed by atoms with E-state index in [2.05, 4.69) is 13.0 Å². The normalized spacial score (nSPS) is 24.0. The van der Waals surface area contributed by atoms with Gasteiger partial charge in [0.2, 0.25) is 11.8 Å². The van der Waals surface area contributed by atoms with Gasteiger partial charge in [0.25, 0.3) is 0 Å². The van der Waals surface area contributed by atoms with Crippen LogP contribution in [0.4, 0.5) is 5.69 Å². The monoisotopic (exact) mass is 328 g/mol. The van der Waals surface area contributed by atoms with Gasteiger partial charge in [0.1, 0.15) is 0 Å². The molecule has 0 bridgehead atoms. The van der Waals surface area contributed by atoms with E-state index < -0.39 is 5.41 Å². The maximum absolute atomic E-state index is 13.2. The van der Waals surface area contributed by atoms with Gasteiger partial charge in [-0.25, -0.2) is 0 Å². The second-order valence-electron chi connectivity index (χ2n) is 8.23. The molecule has 0 aliphatic carbocycles. The Morgan fingerprint density at radius 1 is 1.17 bits per heavy atom. The zero-order valence-corrected chi connectivity index (χ0v) is 15.2. The first kappa shape index (κ1) is 17.0. The van der Waals surface area contributed by atoms with Crippen molar-refractivity contribution in [1.82, 2.24) is 4.90 Å². The van der Waals surface area contributed by atoms with Gasteiger partial charge < -0.3 is 9.80 Å². The van der Waals surface area contributed by atoms with Crippen LogP contribution in [0.2, 0.25) is 0 Å². The Morgan fingerprint density at radius 3 is 2.58 bits per heavy atom. The number of likely N-dealkylation sites (tertiary alicyclic amines) is 1. The highest BCUT2D eigenvalue weighted by Crippen LogP contribution is 2.34. The van der Waals surface area contributed by atoms with Crippen molar-refractivity contribution in [2.24, 2.45) is 11.3 Å². The second-order valence-corrected chi connectivity index (χ2v) is 8.23. The van der Waals surface area contributed by atoms with Crippen LogP contribution in [0.25, 0.3) is 0 Å². The van der Waals surface area contributed by atoms with Crippen LogP contribution in [-0.2, 0) is 16.0 Å². The van der Waals surface area contributed by atoms with Crippen LogP contribution in [0.15, 0.2) is 24.3 Å². The van der Waals surface area contributed by atoms with Gasteiger partial charge in [-0.2, -0.15) is 0 Å². The second kappa shape index (κ2) is 6.23. The van der Waals surface area contributed by atoms with Crippen molar-refractivity contribution in [3.05, 3.63) is 29.8 Å². The number of amides is 2. The summed E-state index contributed by atoms with van der Waals surface area (Å²) in [5.41, 5.74) is 1.91. The number of benzene rings is 1. The van der Waals surface area contributed by atoms with Gasteiger partial charge in [-0.05, 0) is 37.8 Å². The molecule has 2 heterocycles. The first-order valence-corrected chi connectivity index (χ1v) is 8.99. The molecule has 1 aromatic carbocycles. The van der Waals surface area contributed by atoms with Crippen molar-refractivity contribution in [3.8, 4) is 0 Å². The van der Waals surface area contributed by atoms with E-state index in [-0.39, 0.29) is 23.8 Å². The van der Waals surface area contributed by atoms with Crippen LogP contribution in [-0.4, -0.2) is 35.8 Å². The number of para-hydroxylation sites is 1. The molecular formula is C20H28N2O2. The predicted molar refractivity (Wildman–Crippen MR) is 95.9 cm³/mol. The first-order chi connectivity index (χ1) is 11.3. The number of rotatable bonds is 1. The topological polar surface area (TPSA) is 40.6 Å². The van der Waals surface area contributed by atoms with E-state index in [0.717, 1.165) is 31.5 Å². The van der Waals surface area contributed by atoms with Crippen molar-refractivity contribution >= 4 is 17.5 Å². The Kier molecular flexibility index (Phi) is 4.41. The summed E-state index contributed by atoms with van der Waals surface area (Å²) in [6.07, 6.45) is 2.69. The average Bonchev–Trinajstić information content (AvgIpc) is 2.88. The molecule has 0 radical (unpaired) electrons. The summed E-state index contributed by atoms with van der Waals surface area (Å²) in [4.78, 5) is 29.6. The lowest BCUT2D eigenvalue weighted by atomic mass is 9.90. The molecule has 2 amide bonds. The third kappa shape index (κ3) is 3.06. The van der Waals surface area contributed by atoms with E-state index >= 15 is 0 Å². The molecule has 2 aliphatic rings. The molecule has 0 aromatic heterocycles. The maximum atomic E-state index is 13.2. The van der Waals surface area contributed by atoms with Gasteiger partial charge in [0.15, 0.2) is 0 Å². The van der Waals surface area contributed by atoms with Crippen molar-refractivity contribution in [2.75, 3.05) is 18.0 Å². The molecule has 0 saturated carbocycles. The van der Waals surface area contributed by atoms with Crippen LogP contribution in [0.1, 0.15) is 46.1 Å². The molecule has 1 fully saturated rings. The molecule has 0 spiro atoms. The van der Waals surface area contributed by atoms with Crippen LogP contribution >= 0.6 is 0 Å². The number of piperidine rings is 1. The summed E-state index contributed by atoms with van der Waals surface area (Å²) in [6.45, 7) is 9.27. The van der Waals surface area contributed by atoms with E-state index in [1.807, 2.05) is 48.8 Å².